The van der Waals surface area contributed by atoms with Crippen molar-refractivity contribution >= 4 is 0 Å². The van der Waals surface area contributed by atoms with Crippen LogP contribution in [0.3, 0.4) is 0 Å². The van der Waals surface area contributed by atoms with Crippen LogP contribution in [0.4, 0.5) is 0 Å². The molecule has 1 unspecified atom stereocenters. The topological polar surface area (TPSA) is 24.5 Å². The first-order valence-electron chi connectivity index (χ1n) is 7.71. The lowest BCUT2D eigenvalue weighted by Gasteiger charge is -2.31. The lowest BCUT2D eigenvalue weighted by atomic mass is 9.99. The number of benzene rings is 1. The van der Waals surface area contributed by atoms with Crippen LogP contribution in [-0.2, 0) is 11.3 Å². The van der Waals surface area contributed by atoms with Crippen molar-refractivity contribution in [2.24, 2.45) is 0 Å². The minimum Gasteiger partial charge on any atom is -0.381 e. The number of nitrogens with one attached hydrogen (secondary N) is 1. The van der Waals surface area contributed by atoms with E-state index in [0.717, 1.165) is 39.0 Å². The molecule has 1 atom stereocenters. The van der Waals surface area contributed by atoms with Gasteiger partial charge in [-0.15, -0.1) is 0 Å². The molecule has 2 rings (SSSR count). The van der Waals surface area contributed by atoms with Crippen LogP contribution in [0, 0.1) is 0 Å². The van der Waals surface area contributed by atoms with Crippen LogP contribution in [-0.4, -0.2) is 44.8 Å². The van der Waals surface area contributed by atoms with Crippen molar-refractivity contribution in [1.82, 2.24) is 10.2 Å². The fraction of sp³-hybridized carbons (Fsp3) is 0.647. The average Bonchev–Trinajstić information content (AvgIpc) is 2.49. The Hall–Kier alpha value is -0.900. The molecule has 3 heteroatoms. The van der Waals surface area contributed by atoms with Crippen LogP contribution in [0.2, 0.25) is 0 Å². The van der Waals surface area contributed by atoms with Gasteiger partial charge in [0.15, 0.2) is 0 Å². The Bertz CT molecular complexity index is 382. The molecule has 1 aromatic rings. The van der Waals surface area contributed by atoms with Crippen molar-refractivity contribution < 1.29 is 4.74 Å². The first-order valence-corrected chi connectivity index (χ1v) is 7.71. The number of likely N-dealkylation sites (tertiary alicyclic amines) is 1. The van der Waals surface area contributed by atoms with Crippen molar-refractivity contribution in [3.63, 3.8) is 0 Å². The Morgan fingerprint density at radius 2 is 1.90 bits per heavy atom. The third-order valence-corrected chi connectivity index (χ3v) is 4.33. The minimum atomic E-state index is 0.469. The molecule has 1 heterocycles. The zero-order valence-corrected chi connectivity index (χ0v) is 13.1. The first kappa shape index (κ1) is 15.5. The van der Waals surface area contributed by atoms with Gasteiger partial charge in [0.05, 0.1) is 6.10 Å². The predicted molar refractivity (Wildman–Crippen MR) is 84.1 cm³/mol. The summed E-state index contributed by atoms with van der Waals surface area (Å²) in [6.45, 7) is 6.66. The monoisotopic (exact) mass is 276 g/mol. The third-order valence-electron chi connectivity index (χ3n) is 4.33. The number of rotatable bonds is 6. The van der Waals surface area contributed by atoms with Crippen LogP contribution < -0.4 is 5.32 Å². The number of nitrogens with zero attached hydrogens (tertiary/aromatic N) is 1. The van der Waals surface area contributed by atoms with E-state index in [2.05, 4.69) is 41.4 Å². The zero-order valence-electron chi connectivity index (χ0n) is 13.1. The summed E-state index contributed by atoms with van der Waals surface area (Å²) in [4.78, 5) is 2.53. The maximum absolute atomic E-state index is 5.42. The second-order valence-corrected chi connectivity index (χ2v) is 5.91. The summed E-state index contributed by atoms with van der Waals surface area (Å²) < 4.78 is 5.42. The van der Waals surface area contributed by atoms with E-state index in [1.54, 1.807) is 0 Å². The average molecular weight is 276 g/mol. The normalized spacial score (nSPS) is 19.1. The Morgan fingerprint density at radius 1 is 1.25 bits per heavy atom. The Morgan fingerprint density at radius 3 is 2.45 bits per heavy atom. The maximum atomic E-state index is 5.42. The van der Waals surface area contributed by atoms with Crippen LogP contribution >= 0.6 is 0 Å². The van der Waals surface area contributed by atoms with E-state index in [1.807, 2.05) is 14.2 Å². The van der Waals surface area contributed by atoms with E-state index >= 15 is 0 Å². The number of hydrogen-bond acceptors (Lipinski definition) is 3. The van der Waals surface area contributed by atoms with Crippen LogP contribution in [0.25, 0.3) is 0 Å². The highest BCUT2D eigenvalue weighted by molar-refractivity contribution is 5.25. The summed E-state index contributed by atoms with van der Waals surface area (Å²) >= 11 is 0. The molecule has 1 N–H and O–H groups in total. The van der Waals surface area contributed by atoms with E-state index in [9.17, 15) is 0 Å². The van der Waals surface area contributed by atoms with E-state index < -0.39 is 0 Å². The number of piperidine rings is 1. The molecule has 112 valence electrons. The molecule has 20 heavy (non-hydrogen) atoms. The fourth-order valence-electron chi connectivity index (χ4n) is 2.94. The molecule has 0 bridgehead atoms. The van der Waals surface area contributed by atoms with Crippen molar-refractivity contribution in [1.29, 1.82) is 0 Å². The van der Waals surface area contributed by atoms with Crippen molar-refractivity contribution in [2.45, 2.75) is 38.3 Å². The zero-order chi connectivity index (χ0) is 14.4. The molecule has 1 aromatic carbocycles. The highest BCUT2D eigenvalue weighted by Crippen LogP contribution is 2.18. The lowest BCUT2D eigenvalue weighted by Crippen LogP contribution is -2.36. The third kappa shape index (κ3) is 4.30. The quantitative estimate of drug-likeness (QED) is 0.864. The summed E-state index contributed by atoms with van der Waals surface area (Å²) in [5.41, 5.74) is 2.84. The second kappa shape index (κ2) is 7.77. The highest BCUT2D eigenvalue weighted by atomic mass is 16.5. The Balaban J connectivity index is 1.85. The van der Waals surface area contributed by atoms with Crippen LogP contribution in [0.15, 0.2) is 24.3 Å². The summed E-state index contributed by atoms with van der Waals surface area (Å²) in [6.07, 6.45) is 2.79. The van der Waals surface area contributed by atoms with Crippen LogP contribution in [0.5, 0.6) is 0 Å². The molecular formula is C17H28N2O. The van der Waals surface area contributed by atoms with Gasteiger partial charge in [-0.1, -0.05) is 31.2 Å². The van der Waals surface area contributed by atoms with E-state index in [1.165, 1.54) is 11.1 Å². The summed E-state index contributed by atoms with van der Waals surface area (Å²) in [5.74, 6) is 0.575. The predicted octanol–water partition coefficient (Wildman–Crippen LogP) is 2.62. The molecule has 1 aliphatic heterocycles. The Labute approximate surface area is 123 Å². The summed E-state index contributed by atoms with van der Waals surface area (Å²) in [7, 11) is 3.83. The number of ether oxygens (including phenoxy) is 1. The SMILES string of the molecule is CNCC(C)c1ccc(CN2CCC(OC)CC2)cc1. The van der Waals surface area contributed by atoms with Gasteiger partial charge in [0.25, 0.3) is 0 Å². The van der Waals surface area contributed by atoms with Gasteiger partial charge in [-0.25, -0.2) is 0 Å². The number of methoxy groups -OCH3 is 1. The van der Waals surface area contributed by atoms with E-state index in [0.29, 0.717) is 12.0 Å². The Kier molecular flexibility index (Phi) is 6.02. The molecule has 0 amide bonds. The lowest BCUT2D eigenvalue weighted by molar-refractivity contribution is 0.0388. The molecule has 0 aliphatic carbocycles. The molecule has 0 spiro atoms. The molecule has 0 aromatic heterocycles. The molecule has 1 aliphatic rings. The smallest absolute Gasteiger partial charge is 0.0595 e. The molecule has 0 saturated carbocycles. The van der Waals surface area contributed by atoms with E-state index in [4.69, 9.17) is 4.74 Å². The van der Waals surface area contributed by atoms with Crippen molar-refractivity contribution in [2.75, 3.05) is 33.8 Å². The van der Waals surface area contributed by atoms with Crippen molar-refractivity contribution in [3.05, 3.63) is 35.4 Å². The van der Waals surface area contributed by atoms with Gasteiger partial charge in [0.1, 0.15) is 0 Å². The first-order chi connectivity index (χ1) is 9.72. The number of hydrogen-bond donors (Lipinski definition) is 1. The van der Waals surface area contributed by atoms with Gasteiger partial charge in [-0.3, -0.25) is 4.90 Å². The summed E-state index contributed by atoms with van der Waals surface area (Å²) in [6, 6.07) is 9.12. The second-order valence-electron chi connectivity index (χ2n) is 5.91. The standard InChI is InChI=1S/C17H28N2O/c1-14(12-18-2)16-6-4-15(5-7-16)13-19-10-8-17(20-3)9-11-19/h4-7,14,17-18H,8-13H2,1-3H3. The highest BCUT2D eigenvalue weighted by Gasteiger charge is 2.18. The van der Waals surface area contributed by atoms with E-state index in [-0.39, 0.29) is 0 Å². The van der Waals surface area contributed by atoms with Gasteiger partial charge in [-0.2, -0.15) is 0 Å². The van der Waals surface area contributed by atoms with Gasteiger partial charge >= 0.3 is 0 Å². The number of likely N-dealkylation sites (N-methyl/N-ethyl adjacent to an activating group) is 1. The van der Waals surface area contributed by atoms with Gasteiger partial charge in [-0.05, 0) is 36.9 Å². The minimum absolute atomic E-state index is 0.469. The van der Waals surface area contributed by atoms with Crippen molar-refractivity contribution in [3.8, 4) is 0 Å². The van der Waals surface area contributed by atoms with Gasteiger partial charge in [0.2, 0.25) is 0 Å². The fourth-order valence-corrected chi connectivity index (χ4v) is 2.94. The largest absolute Gasteiger partial charge is 0.381 e. The molecule has 1 saturated heterocycles. The van der Waals surface area contributed by atoms with Gasteiger partial charge in [0, 0.05) is 33.3 Å². The van der Waals surface area contributed by atoms with Crippen LogP contribution in [0.1, 0.15) is 36.8 Å². The molecule has 1 fully saturated rings. The molecule has 0 radical (unpaired) electrons. The summed E-state index contributed by atoms with van der Waals surface area (Å²) in [5, 5.41) is 3.24. The maximum Gasteiger partial charge on any atom is 0.0595 e. The molecular weight excluding hydrogens is 248 g/mol. The molecule has 3 nitrogen and oxygen atoms in total. The van der Waals surface area contributed by atoms with Gasteiger partial charge < -0.3 is 10.1 Å².